The van der Waals surface area contributed by atoms with Crippen molar-refractivity contribution in [1.82, 2.24) is 4.57 Å². The number of fused-ring (bicyclic) bond motifs is 1. The predicted molar refractivity (Wildman–Crippen MR) is 88.2 cm³/mol. The van der Waals surface area contributed by atoms with Gasteiger partial charge in [-0.2, -0.15) is 4.99 Å². The van der Waals surface area contributed by atoms with Crippen LogP contribution >= 0.6 is 11.3 Å². The number of nitrogen functional groups attached to an aromatic ring is 1. The number of rotatable bonds is 2. The Hall–Kier alpha value is -3.00. The van der Waals surface area contributed by atoms with Gasteiger partial charge >= 0.3 is 0 Å². The third-order valence-electron chi connectivity index (χ3n) is 3.39. The Bertz CT molecular complexity index is 1000. The maximum atomic E-state index is 12.3. The molecule has 3 rings (SSSR count). The lowest BCUT2D eigenvalue weighted by Crippen LogP contribution is -2.13. The number of nitrogens with two attached hydrogens (primary N) is 1. The van der Waals surface area contributed by atoms with Gasteiger partial charge in [0.15, 0.2) is 4.80 Å². The summed E-state index contributed by atoms with van der Waals surface area (Å²) in [7, 11) is 1.82. The lowest BCUT2D eigenvalue weighted by atomic mass is 10.1. The number of benzene rings is 2. The number of hydrogen-bond donors (Lipinski definition) is 1. The van der Waals surface area contributed by atoms with Crippen molar-refractivity contribution in [3.63, 3.8) is 0 Å². The monoisotopic (exact) mass is 328 g/mol. The second kappa shape index (κ2) is 5.65. The van der Waals surface area contributed by atoms with Gasteiger partial charge in [0, 0.05) is 18.7 Å². The summed E-state index contributed by atoms with van der Waals surface area (Å²) in [6.45, 7) is 0. The summed E-state index contributed by atoms with van der Waals surface area (Å²) in [5.74, 6) is -0.546. The summed E-state index contributed by atoms with van der Waals surface area (Å²) in [5, 5.41) is 10.9. The molecular weight excluding hydrogens is 316 g/mol. The van der Waals surface area contributed by atoms with Gasteiger partial charge in [0.1, 0.15) is 5.69 Å². The van der Waals surface area contributed by atoms with Crippen LogP contribution in [0.1, 0.15) is 10.4 Å². The zero-order valence-corrected chi connectivity index (χ0v) is 12.9. The van der Waals surface area contributed by atoms with Crippen molar-refractivity contribution in [2.75, 3.05) is 5.73 Å². The number of carbonyl (C=O) groups excluding carboxylic acids is 1. The average molecular weight is 328 g/mol. The number of nitrogens with zero attached hydrogens (tertiary/aromatic N) is 3. The van der Waals surface area contributed by atoms with Crippen molar-refractivity contribution in [2.24, 2.45) is 12.0 Å². The number of aromatic nitrogens is 1. The van der Waals surface area contributed by atoms with Crippen LogP contribution in [0.15, 0.2) is 47.5 Å². The van der Waals surface area contributed by atoms with E-state index in [0.717, 1.165) is 16.3 Å². The summed E-state index contributed by atoms with van der Waals surface area (Å²) in [6.07, 6.45) is 0. The number of nitro groups is 1. The Kier molecular flexibility index (Phi) is 3.67. The molecule has 0 aliphatic heterocycles. The minimum absolute atomic E-state index is 0.0129. The summed E-state index contributed by atoms with van der Waals surface area (Å²) < 4.78 is 2.81. The molecule has 0 saturated heterocycles. The summed E-state index contributed by atoms with van der Waals surface area (Å²) in [4.78, 5) is 27.2. The van der Waals surface area contributed by atoms with E-state index >= 15 is 0 Å². The van der Waals surface area contributed by atoms with E-state index in [4.69, 9.17) is 5.73 Å². The van der Waals surface area contributed by atoms with Crippen LogP contribution in [0.3, 0.4) is 0 Å². The highest BCUT2D eigenvalue weighted by molar-refractivity contribution is 7.16. The number of aryl methyl sites for hydroxylation is 1. The van der Waals surface area contributed by atoms with E-state index in [1.54, 1.807) is 0 Å². The van der Waals surface area contributed by atoms with Gasteiger partial charge in [-0.05, 0) is 24.3 Å². The molecule has 116 valence electrons. The smallest absolute Gasteiger partial charge is 0.292 e. The molecule has 2 N–H and O–H groups in total. The lowest BCUT2D eigenvalue weighted by molar-refractivity contribution is -0.383. The second-order valence-electron chi connectivity index (χ2n) is 4.86. The van der Waals surface area contributed by atoms with Gasteiger partial charge in [-0.25, -0.2) is 0 Å². The van der Waals surface area contributed by atoms with Crippen molar-refractivity contribution in [1.29, 1.82) is 0 Å². The molecule has 0 aliphatic rings. The summed E-state index contributed by atoms with van der Waals surface area (Å²) >= 11 is 1.38. The molecule has 23 heavy (non-hydrogen) atoms. The Morgan fingerprint density at radius 3 is 2.74 bits per heavy atom. The maximum Gasteiger partial charge on any atom is 0.292 e. The van der Waals surface area contributed by atoms with Gasteiger partial charge in [-0.3, -0.25) is 14.9 Å². The van der Waals surface area contributed by atoms with Crippen LogP contribution in [0, 0.1) is 10.1 Å². The van der Waals surface area contributed by atoms with Crippen LogP contribution in [-0.2, 0) is 7.05 Å². The van der Waals surface area contributed by atoms with Crippen molar-refractivity contribution in [3.8, 4) is 0 Å². The fraction of sp³-hybridized carbons (Fsp3) is 0.0667. The first-order valence-electron chi connectivity index (χ1n) is 6.65. The van der Waals surface area contributed by atoms with E-state index in [0.29, 0.717) is 4.80 Å². The highest BCUT2D eigenvalue weighted by atomic mass is 32.1. The van der Waals surface area contributed by atoms with Crippen molar-refractivity contribution in [3.05, 3.63) is 62.9 Å². The number of carbonyl (C=O) groups is 1. The van der Waals surface area contributed by atoms with Gasteiger partial charge in [0.2, 0.25) is 0 Å². The molecule has 0 aliphatic carbocycles. The highest BCUT2D eigenvalue weighted by Crippen LogP contribution is 2.22. The number of hydrogen-bond acceptors (Lipinski definition) is 5. The minimum Gasteiger partial charge on any atom is -0.393 e. The zero-order chi connectivity index (χ0) is 16.6. The Morgan fingerprint density at radius 2 is 2.04 bits per heavy atom. The molecule has 0 fully saturated rings. The largest absolute Gasteiger partial charge is 0.393 e. The Balaban J connectivity index is 2.08. The van der Waals surface area contributed by atoms with E-state index in [-0.39, 0.29) is 16.9 Å². The highest BCUT2D eigenvalue weighted by Gasteiger charge is 2.15. The molecule has 8 heteroatoms. The Morgan fingerprint density at radius 1 is 1.30 bits per heavy atom. The normalized spacial score (nSPS) is 11.8. The van der Waals surface area contributed by atoms with Crippen LogP contribution in [0.25, 0.3) is 10.2 Å². The molecule has 7 nitrogen and oxygen atoms in total. The van der Waals surface area contributed by atoms with Gasteiger partial charge in [-0.15, -0.1) is 0 Å². The van der Waals surface area contributed by atoms with Gasteiger partial charge in [0.25, 0.3) is 11.6 Å². The van der Waals surface area contributed by atoms with E-state index in [9.17, 15) is 14.9 Å². The predicted octanol–water partition coefficient (Wildman–Crippen LogP) is 2.47. The third-order valence-corrected chi connectivity index (χ3v) is 4.50. The molecule has 0 radical (unpaired) electrons. The van der Waals surface area contributed by atoms with Crippen LogP contribution in [0.2, 0.25) is 0 Å². The molecule has 2 aromatic carbocycles. The first-order chi connectivity index (χ1) is 11.0. The number of thiazole rings is 1. The fourth-order valence-corrected chi connectivity index (χ4v) is 3.19. The SMILES string of the molecule is Cn1c(=NC(=O)c2ccc(N)c([N+](=O)[O-])c2)sc2ccccc21. The second-order valence-corrected chi connectivity index (χ2v) is 5.87. The van der Waals surface area contributed by atoms with Crippen LogP contribution in [0.5, 0.6) is 0 Å². The molecule has 3 aromatic rings. The Labute approximate surface area is 134 Å². The van der Waals surface area contributed by atoms with E-state index in [1.165, 1.54) is 23.5 Å². The lowest BCUT2D eigenvalue weighted by Gasteiger charge is -1.99. The minimum atomic E-state index is -0.619. The van der Waals surface area contributed by atoms with Gasteiger partial charge in [-0.1, -0.05) is 23.5 Å². The van der Waals surface area contributed by atoms with Crippen LogP contribution in [-0.4, -0.2) is 15.4 Å². The van der Waals surface area contributed by atoms with Crippen LogP contribution < -0.4 is 10.5 Å². The van der Waals surface area contributed by atoms with Crippen molar-refractivity contribution >= 4 is 38.8 Å². The maximum absolute atomic E-state index is 12.3. The molecule has 0 atom stereocenters. The quantitative estimate of drug-likeness (QED) is 0.443. The van der Waals surface area contributed by atoms with E-state index < -0.39 is 10.8 Å². The summed E-state index contributed by atoms with van der Waals surface area (Å²) in [5.41, 5.74) is 6.34. The molecule has 0 spiro atoms. The van der Waals surface area contributed by atoms with Crippen LogP contribution in [0.4, 0.5) is 11.4 Å². The fourth-order valence-electron chi connectivity index (χ4n) is 2.17. The first-order valence-corrected chi connectivity index (χ1v) is 7.46. The molecule has 0 saturated carbocycles. The average Bonchev–Trinajstić information content (AvgIpc) is 2.84. The summed E-state index contributed by atoms with van der Waals surface area (Å²) in [6, 6.07) is 11.6. The molecule has 1 amide bonds. The molecular formula is C15H12N4O3S. The molecule has 1 heterocycles. The third kappa shape index (κ3) is 2.71. The first kappa shape index (κ1) is 14.9. The standard InChI is InChI=1S/C15H12N4O3S/c1-18-11-4-2-3-5-13(11)23-15(18)17-14(20)9-6-7-10(16)12(8-9)19(21)22/h2-8H,16H2,1H3. The molecule has 0 bridgehead atoms. The number of para-hydroxylation sites is 1. The number of anilines is 1. The van der Waals surface area contributed by atoms with Gasteiger partial charge < -0.3 is 10.3 Å². The zero-order valence-electron chi connectivity index (χ0n) is 12.1. The van der Waals surface area contributed by atoms with Crippen molar-refractivity contribution in [2.45, 2.75) is 0 Å². The molecule has 1 aromatic heterocycles. The topological polar surface area (TPSA) is 104 Å². The molecule has 0 unspecified atom stereocenters. The van der Waals surface area contributed by atoms with E-state index in [1.807, 2.05) is 35.9 Å². The van der Waals surface area contributed by atoms with E-state index in [2.05, 4.69) is 4.99 Å². The number of nitro benzene ring substituents is 1. The van der Waals surface area contributed by atoms with Gasteiger partial charge in [0.05, 0.1) is 15.1 Å². The van der Waals surface area contributed by atoms with Crippen molar-refractivity contribution < 1.29 is 9.72 Å². The number of amides is 1.